The summed E-state index contributed by atoms with van der Waals surface area (Å²) in [7, 11) is 0. The van der Waals surface area contributed by atoms with Crippen LogP contribution in [0.2, 0.25) is 0 Å². The van der Waals surface area contributed by atoms with E-state index in [-0.39, 0.29) is 5.78 Å². The van der Waals surface area contributed by atoms with Crippen molar-refractivity contribution in [3.63, 3.8) is 0 Å². The highest BCUT2D eigenvalue weighted by Crippen LogP contribution is 2.38. The van der Waals surface area contributed by atoms with Crippen LogP contribution in [0.1, 0.15) is 37.9 Å². The van der Waals surface area contributed by atoms with Gasteiger partial charge in [0, 0.05) is 11.1 Å². The number of ketones is 1. The number of aryl methyl sites for hydroxylation is 3. The molecule has 30 heavy (non-hydrogen) atoms. The third-order valence-electron chi connectivity index (χ3n) is 4.88. The Kier molecular flexibility index (Phi) is 5.81. The third-order valence-corrected chi connectivity index (χ3v) is 5.97. The minimum atomic E-state index is -0.473. The van der Waals surface area contributed by atoms with Crippen LogP contribution in [0.4, 0.5) is 0 Å². The normalized spacial score (nSPS) is 12.0. The van der Waals surface area contributed by atoms with Crippen LogP contribution >= 0.6 is 11.8 Å². The Morgan fingerprint density at radius 2 is 1.30 bits per heavy atom. The van der Waals surface area contributed by atoms with E-state index in [2.05, 4.69) is 10.2 Å². The van der Waals surface area contributed by atoms with Gasteiger partial charge in [0.15, 0.2) is 5.78 Å². The molecule has 0 saturated carbocycles. The number of Topliss-reactive ketones (excluding diaryl/α,β-unsaturated/α-hetero) is 1. The molecule has 0 unspecified atom stereocenters. The average Bonchev–Trinajstić information content (AvgIpc) is 3.22. The van der Waals surface area contributed by atoms with Gasteiger partial charge in [-0.1, -0.05) is 77.4 Å². The predicted molar refractivity (Wildman–Crippen MR) is 120 cm³/mol. The maximum atomic E-state index is 13.3. The number of benzene rings is 3. The van der Waals surface area contributed by atoms with Gasteiger partial charge in [-0.25, -0.2) is 0 Å². The fourth-order valence-corrected chi connectivity index (χ4v) is 4.01. The highest BCUT2D eigenvalue weighted by Gasteiger charge is 2.26. The maximum absolute atomic E-state index is 13.3. The highest BCUT2D eigenvalue weighted by molar-refractivity contribution is 8.00. The van der Waals surface area contributed by atoms with Crippen molar-refractivity contribution in [1.82, 2.24) is 10.2 Å². The van der Waals surface area contributed by atoms with E-state index in [1.807, 2.05) is 93.6 Å². The largest absolute Gasteiger partial charge is 0.411 e. The van der Waals surface area contributed by atoms with E-state index in [4.69, 9.17) is 4.42 Å². The number of hydrogen-bond donors (Lipinski definition) is 0. The summed E-state index contributed by atoms with van der Waals surface area (Å²) in [5.41, 5.74) is 5.85. The molecule has 0 aliphatic heterocycles. The Balaban J connectivity index is 1.64. The molecular formula is C25H22N2O2S. The lowest BCUT2D eigenvalue weighted by Gasteiger charge is -2.14. The second-order valence-electron chi connectivity index (χ2n) is 7.38. The van der Waals surface area contributed by atoms with Crippen LogP contribution in [0.3, 0.4) is 0 Å². The number of carbonyl (C=O) groups excluding carboxylic acids is 1. The Labute approximate surface area is 180 Å². The molecule has 0 amide bonds. The van der Waals surface area contributed by atoms with Gasteiger partial charge in [-0.3, -0.25) is 4.79 Å². The topological polar surface area (TPSA) is 56.0 Å². The number of aromatic nitrogens is 2. The first kappa shape index (κ1) is 20.1. The summed E-state index contributed by atoms with van der Waals surface area (Å²) in [5, 5.41) is 8.25. The van der Waals surface area contributed by atoms with E-state index < -0.39 is 5.25 Å². The van der Waals surface area contributed by atoms with Gasteiger partial charge in [-0.15, -0.1) is 10.2 Å². The Bertz CT molecular complexity index is 1150. The summed E-state index contributed by atoms with van der Waals surface area (Å²) in [5.74, 6) is 0.460. The molecule has 1 aromatic heterocycles. The third kappa shape index (κ3) is 4.52. The molecule has 5 heteroatoms. The van der Waals surface area contributed by atoms with Gasteiger partial charge >= 0.3 is 0 Å². The van der Waals surface area contributed by atoms with Crippen LogP contribution < -0.4 is 0 Å². The first-order valence-electron chi connectivity index (χ1n) is 9.74. The van der Waals surface area contributed by atoms with Crippen LogP contribution in [0.25, 0.3) is 11.5 Å². The first-order valence-corrected chi connectivity index (χ1v) is 10.6. The van der Waals surface area contributed by atoms with Gasteiger partial charge < -0.3 is 4.42 Å². The summed E-state index contributed by atoms with van der Waals surface area (Å²) in [6.45, 7) is 6.06. The summed E-state index contributed by atoms with van der Waals surface area (Å²) in [6, 6.07) is 23.5. The summed E-state index contributed by atoms with van der Waals surface area (Å²) >= 11 is 1.28. The smallest absolute Gasteiger partial charge is 0.277 e. The van der Waals surface area contributed by atoms with Crippen molar-refractivity contribution < 1.29 is 9.21 Å². The van der Waals surface area contributed by atoms with E-state index in [1.54, 1.807) is 0 Å². The van der Waals surface area contributed by atoms with Crippen molar-refractivity contribution in [2.75, 3.05) is 0 Å². The van der Waals surface area contributed by atoms with Crippen molar-refractivity contribution in [1.29, 1.82) is 0 Å². The van der Waals surface area contributed by atoms with Gasteiger partial charge in [-0.05, 0) is 50.2 Å². The summed E-state index contributed by atoms with van der Waals surface area (Å²) < 4.78 is 5.88. The van der Waals surface area contributed by atoms with Crippen molar-refractivity contribution in [2.45, 2.75) is 31.2 Å². The predicted octanol–water partition coefficient (Wildman–Crippen LogP) is 6.38. The number of hydrogen-bond acceptors (Lipinski definition) is 5. The Hall–Kier alpha value is -3.18. The van der Waals surface area contributed by atoms with Crippen molar-refractivity contribution >= 4 is 17.5 Å². The molecule has 3 aromatic carbocycles. The summed E-state index contributed by atoms with van der Waals surface area (Å²) in [4.78, 5) is 13.3. The lowest BCUT2D eigenvalue weighted by atomic mass is 10.0. The molecule has 0 fully saturated rings. The van der Waals surface area contributed by atoms with E-state index >= 15 is 0 Å². The van der Waals surface area contributed by atoms with Crippen LogP contribution in [-0.4, -0.2) is 16.0 Å². The monoisotopic (exact) mass is 414 g/mol. The van der Waals surface area contributed by atoms with E-state index in [1.165, 1.54) is 11.8 Å². The van der Waals surface area contributed by atoms with Crippen molar-refractivity contribution in [2.24, 2.45) is 0 Å². The Morgan fingerprint density at radius 1 is 0.767 bits per heavy atom. The zero-order valence-electron chi connectivity index (χ0n) is 17.1. The van der Waals surface area contributed by atoms with Crippen LogP contribution in [-0.2, 0) is 0 Å². The quantitative estimate of drug-likeness (QED) is 0.271. The standard InChI is InChI=1S/C25H22N2O2S/c1-16-4-10-19(11-5-16)22(28)23(20-12-6-17(2)7-13-20)30-25-27-26-24(29-25)21-14-8-18(3)9-15-21/h4-15,23H,1-3H3/t23-/m1/s1. The molecule has 1 heterocycles. The van der Waals surface area contributed by atoms with Crippen molar-refractivity contribution in [3.8, 4) is 11.5 Å². The number of rotatable bonds is 6. The Morgan fingerprint density at radius 3 is 1.90 bits per heavy atom. The molecule has 0 aliphatic rings. The van der Waals surface area contributed by atoms with E-state index in [9.17, 15) is 4.79 Å². The van der Waals surface area contributed by atoms with E-state index in [0.717, 1.165) is 27.8 Å². The minimum Gasteiger partial charge on any atom is -0.411 e. The average molecular weight is 415 g/mol. The number of carbonyl (C=O) groups is 1. The molecule has 4 nitrogen and oxygen atoms in total. The molecule has 0 spiro atoms. The van der Waals surface area contributed by atoms with Crippen LogP contribution in [0.15, 0.2) is 82.4 Å². The SMILES string of the molecule is Cc1ccc(C(=O)[C@H](Sc2nnc(-c3ccc(C)cc3)o2)c2ccc(C)cc2)cc1. The molecule has 150 valence electrons. The van der Waals surface area contributed by atoms with Crippen molar-refractivity contribution in [3.05, 3.63) is 101 Å². The molecule has 4 aromatic rings. The second-order valence-corrected chi connectivity index (χ2v) is 8.43. The van der Waals surface area contributed by atoms with Gasteiger partial charge in [0.05, 0.1) is 0 Å². The molecule has 0 aliphatic carbocycles. The molecule has 0 radical (unpaired) electrons. The highest BCUT2D eigenvalue weighted by atomic mass is 32.2. The lowest BCUT2D eigenvalue weighted by Crippen LogP contribution is -2.10. The molecule has 4 rings (SSSR count). The maximum Gasteiger partial charge on any atom is 0.277 e. The molecule has 0 saturated heterocycles. The van der Waals surface area contributed by atoms with Crippen LogP contribution in [0.5, 0.6) is 0 Å². The molecule has 0 N–H and O–H groups in total. The van der Waals surface area contributed by atoms with Gasteiger partial charge in [0.1, 0.15) is 5.25 Å². The fraction of sp³-hybridized carbons (Fsp3) is 0.160. The zero-order chi connectivity index (χ0) is 21.1. The number of thioether (sulfide) groups is 1. The number of nitrogens with zero attached hydrogens (tertiary/aromatic N) is 2. The van der Waals surface area contributed by atoms with Gasteiger partial charge in [-0.2, -0.15) is 0 Å². The molecular weight excluding hydrogens is 392 g/mol. The summed E-state index contributed by atoms with van der Waals surface area (Å²) in [6.07, 6.45) is 0. The zero-order valence-corrected chi connectivity index (χ0v) is 17.9. The fourth-order valence-electron chi connectivity index (χ4n) is 3.05. The molecule has 0 bridgehead atoms. The van der Waals surface area contributed by atoms with Gasteiger partial charge in [0.2, 0.25) is 5.89 Å². The minimum absolute atomic E-state index is 0.0129. The first-order chi connectivity index (χ1) is 14.5. The van der Waals surface area contributed by atoms with E-state index in [0.29, 0.717) is 16.7 Å². The second kappa shape index (κ2) is 8.67. The lowest BCUT2D eigenvalue weighted by molar-refractivity contribution is 0.0989. The van der Waals surface area contributed by atoms with Crippen LogP contribution in [0, 0.1) is 20.8 Å². The molecule has 1 atom stereocenters. The van der Waals surface area contributed by atoms with Gasteiger partial charge in [0.25, 0.3) is 5.22 Å².